The van der Waals surface area contributed by atoms with Gasteiger partial charge in [0.05, 0.1) is 5.02 Å². The fraction of sp³-hybridized carbons (Fsp3) is 0.467. The lowest BCUT2D eigenvalue weighted by atomic mass is 9.95. The first kappa shape index (κ1) is 16.5. The van der Waals surface area contributed by atoms with E-state index in [4.69, 9.17) is 11.6 Å². The van der Waals surface area contributed by atoms with Crippen molar-refractivity contribution < 1.29 is 9.59 Å². The quantitative estimate of drug-likeness (QED) is 0.765. The number of nitrogens with zero attached hydrogens (tertiary/aromatic N) is 1. The molecule has 2 rings (SSSR count). The van der Waals surface area contributed by atoms with Crippen LogP contribution in [0.15, 0.2) is 18.2 Å². The summed E-state index contributed by atoms with van der Waals surface area (Å²) >= 11 is 8.20. The van der Waals surface area contributed by atoms with Crippen LogP contribution in [0.2, 0.25) is 5.02 Å². The van der Waals surface area contributed by atoms with Crippen molar-refractivity contribution in [3.8, 4) is 0 Å². The van der Waals surface area contributed by atoms with Gasteiger partial charge in [0, 0.05) is 34.7 Å². The summed E-state index contributed by atoms with van der Waals surface area (Å²) < 4.78 is 0.931. The number of benzene rings is 1. The first-order valence-electron chi connectivity index (χ1n) is 7.05. The maximum atomic E-state index is 12.4. The van der Waals surface area contributed by atoms with Gasteiger partial charge in [-0.2, -0.15) is 0 Å². The molecule has 114 valence electrons. The normalized spacial score (nSPS) is 15.9. The molecule has 2 amide bonds. The summed E-state index contributed by atoms with van der Waals surface area (Å²) in [5, 5.41) is 3.44. The molecule has 1 saturated heterocycles. The van der Waals surface area contributed by atoms with Crippen molar-refractivity contribution in [3.05, 3.63) is 32.4 Å². The van der Waals surface area contributed by atoms with Crippen molar-refractivity contribution in [3.63, 3.8) is 0 Å². The average molecular weight is 421 g/mol. The van der Waals surface area contributed by atoms with Gasteiger partial charge in [0.15, 0.2) is 0 Å². The van der Waals surface area contributed by atoms with Crippen LogP contribution < -0.4 is 5.32 Å². The Kier molecular flexibility index (Phi) is 5.87. The van der Waals surface area contributed by atoms with E-state index in [-0.39, 0.29) is 17.7 Å². The minimum Gasteiger partial charge on any atom is -0.356 e. The average Bonchev–Trinajstić information content (AvgIpc) is 2.50. The second-order valence-electron chi connectivity index (χ2n) is 5.09. The van der Waals surface area contributed by atoms with Gasteiger partial charge in [-0.1, -0.05) is 11.6 Å². The molecule has 21 heavy (non-hydrogen) atoms. The number of amides is 2. The van der Waals surface area contributed by atoms with Gasteiger partial charge in [0.25, 0.3) is 5.91 Å². The molecule has 0 atom stereocenters. The van der Waals surface area contributed by atoms with E-state index in [1.807, 2.05) is 13.0 Å². The smallest absolute Gasteiger partial charge is 0.253 e. The molecule has 0 spiro atoms. The zero-order valence-corrected chi connectivity index (χ0v) is 14.8. The molecule has 0 aliphatic carbocycles. The summed E-state index contributed by atoms with van der Waals surface area (Å²) in [6.45, 7) is 3.80. The Labute approximate surface area is 143 Å². The summed E-state index contributed by atoms with van der Waals surface area (Å²) in [7, 11) is 0. The minimum absolute atomic E-state index is 0.0114. The Morgan fingerprint density at radius 2 is 2.05 bits per heavy atom. The Morgan fingerprint density at radius 1 is 1.38 bits per heavy atom. The van der Waals surface area contributed by atoms with Gasteiger partial charge in [0.1, 0.15) is 0 Å². The molecule has 0 unspecified atom stereocenters. The summed E-state index contributed by atoms with van der Waals surface area (Å²) in [5.74, 6) is 0.110. The first-order chi connectivity index (χ1) is 10.0. The molecular weight excluding hydrogens is 403 g/mol. The van der Waals surface area contributed by atoms with E-state index in [1.54, 1.807) is 17.0 Å². The van der Waals surface area contributed by atoms with Crippen LogP contribution in [0, 0.1) is 9.49 Å². The van der Waals surface area contributed by atoms with Crippen LogP contribution in [-0.2, 0) is 4.79 Å². The maximum absolute atomic E-state index is 12.4. The molecule has 1 aliphatic rings. The highest BCUT2D eigenvalue weighted by molar-refractivity contribution is 14.1. The number of carbonyl (C=O) groups excluding carboxylic acids is 2. The van der Waals surface area contributed by atoms with E-state index in [0.717, 1.165) is 16.4 Å². The molecular formula is C15H18ClIN2O2. The van der Waals surface area contributed by atoms with E-state index in [1.165, 1.54) is 0 Å². The standard InChI is InChI=1S/C15H18ClIN2O2/c1-2-18-14(20)10-5-7-19(8-6-10)15(21)11-3-4-13(17)12(16)9-11/h3-4,9-10H,2,5-8H2,1H3,(H,18,20). The molecule has 1 aliphatic heterocycles. The monoisotopic (exact) mass is 420 g/mol. The number of carbonyl (C=O) groups is 2. The highest BCUT2D eigenvalue weighted by atomic mass is 127. The largest absolute Gasteiger partial charge is 0.356 e. The van der Waals surface area contributed by atoms with Crippen LogP contribution in [0.3, 0.4) is 0 Å². The first-order valence-corrected chi connectivity index (χ1v) is 8.50. The SMILES string of the molecule is CCNC(=O)C1CCN(C(=O)c2ccc(I)c(Cl)c2)CC1. The fourth-order valence-electron chi connectivity index (χ4n) is 2.48. The van der Waals surface area contributed by atoms with E-state index in [9.17, 15) is 9.59 Å². The van der Waals surface area contributed by atoms with Gasteiger partial charge in [-0.05, 0) is 60.6 Å². The Bertz CT molecular complexity index is 542. The topological polar surface area (TPSA) is 49.4 Å². The molecule has 0 radical (unpaired) electrons. The van der Waals surface area contributed by atoms with Crippen molar-refractivity contribution in [2.75, 3.05) is 19.6 Å². The third-order valence-corrected chi connectivity index (χ3v) is 5.24. The zero-order chi connectivity index (χ0) is 15.4. The Morgan fingerprint density at radius 3 is 2.62 bits per heavy atom. The number of hydrogen-bond acceptors (Lipinski definition) is 2. The van der Waals surface area contributed by atoms with Gasteiger partial charge >= 0.3 is 0 Å². The zero-order valence-electron chi connectivity index (χ0n) is 11.9. The molecule has 1 aromatic rings. The molecule has 0 bridgehead atoms. The second kappa shape index (κ2) is 7.45. The van der Waals surface area contributed by atoms with Crippen LogP contribution in [-0.4, -0.2) is 36.3 Å². The summed E-state index contributed by atoms with van der Waals surface area (Å²) in [6.07, 6.45) is 1.44. The number of piperidine rings is 1. The van der Waals surface area contributed by atoms with Crippen molar-refractivity contribution in [2.24, 2.45) is 5.92 Å². The molecule has 6 heteroatoms. The van der Waals surface area contributed by atoms with E-state index >= 15 is 0 Å². The van der Waals surface area contributed by atoms with Gasteiger partial charge < -0.3 is 10.2 Å². The Hall–Kier alpha value is -0.820. The van der Waals surface area contributed by atoms with Crippen molar-refractivity contribution in [2.45, 2.75) is 19.8 Å². The highest BCUT2D eigenvalue weighted by Gasteiger charge is 2.27. The van der Waals surface area contributed by atoms with Crippen molar-refractivity contribution in [1.29, 1.82) is 0 Å². The van der Waals surface area contributed by atoms with Crippen molar-refractivity contribution >= 4 is 46.0 Å². The van der Waals surface area contributed by atoms with Crippen LogP contribution in [0.5, 0.6) is 0 Å². The summed E-state index contributed by atoms with van der Waals surface area (Å²) in [4.78, 5) is 26.0. The van der Waals surface area contributed by atoms with E-state index in [2.05, 4.69) is 27.9 Å². The molecule has 1 heterocycles. The molecule has 4 nitrogen and oxygen atoms in total. The lowest BCUT2D eigenvalue weighted by Crippen LogP contribution is -2.43. The van der Waals surface area contributed by atoms with Crippen LogP contribution in [0.1, 0.15) is 30.1 Å². The van der Waals surface area contributed by atoms with Gasteiger partial charge in [-0.25, -0.2) is 0 Å². The molecule has 0 saturated carbocycles. The number of halogens is 2. The molecule has 0 aromatic heterocycles. The van der Waals surface area contributed by atoms with Crippen molar-refractivity contribution in [1.82, 2.24) is 10.2 Å². The highest BCUT2D eigenvalue weighted by Crippen LogP contribution is 2.23. The maximum Gasteiger partial charge on any atom is 0.253 e. The predicted octanol–water partition coefficient (Wildman–Crippen LogP) is 2.93. The number of rotatable bonds is 3. The predicted molar refractivity (Wildman–Crippen MR) is 91.5 cm³/mol. The van der Waals surface area contributed by atoms with Crippen LogP contribution >= 0.6 is 34.2 Å². The van der Waals surface area contributed by atoms with Gasteiger partial charge in [0.2, 0.25) is 5.91 Å². The molecule has 1 aromatic carbocycles. The second-order valence-corrected chi connectivity index (χ2v) is 6.66. The summed E-state index contributed by atoms with van der Waals surface area (Å²) in [6, 6.07) is 5.35. The van der Waals surface area contributed by atoms with Crippen LogP contribution in [0.25, 0.3) is 0 Å². The molecule has 1 N–H and O–H groups in total. The van der Waals surface area contributed by atoms with Gasteiger partial charge in [-0.15, -0.1) is 0 Å². The number of nitrogens with one attached hydrogen (secondary N) is 1. The molecule has 1 fully saturated rings. The summed E-state index contributed by atoms with van der Waals surface area (Å²) in [5.41, 5.74) is 0.608. The number of likely N-dealkylation sites (tertiary alicyclic amines) is 1. The lowest BCUT2D eigenvalue weighted by Gasteiger charge is -2.31. The fourth-order valence-corrected chi connectivity index (χ4v) is 2.99. The van der Waals surface area contributed by atoms with Gasteiger partial charge in [-0.3, -0.25) is 9.59 Å². The third kappa shape index (κ3) is 4.10. The van der Waals surface area contributed by atoms with E-state index in [0.29, 0.717) is 30.2 Å². The lowest BCUT2D eigenvalue weighted by molar-refractivity contribution is -0.126. The number of hydrogen-bond donors (Lipinski definition) is 1. The Balaban J connectivity index is 1.97. The minimum atomic E-state index is -0.0114. The third-order valence-electron chi connectivity index (χ3n) is 3.67. The van der Waals surface area contributed by atoms with Crippen LogP contribution in [0.4, 0.5) is 0 Å². The van der Waals surface area contributed by atoms with E-state index < -0.39 is 0 Å².